The Morgan fingerprint density at radius 1 is 1.79 bits per heavy atom. The highest BCUT2D eigenvalue weighted by Gasteiger charge is 2.14. The van der Waals surface area contributed by atoms with Crippen molar-refractivity contribution in [2.75, 3.05) is 13.7 Å². The molecule has 0 fully saturated rings. The van der Waals surface area contributed by atoms with Gasteiger partial charge in [0.15, 0.2) is 0 Å². The van der Waals surface area contributed by atoms with Crippen LogP contribution in [0.2, 0.25) is 0 Å². The van der Waals surface area contributed by atoms with Crippen LogP contribution in [0.1, 0.15) is 22.1 Å². The lowest BCUT2D eigenvalue weighted by molar-refractivity contribution is 0.0590. The van der Waals surface area contributed by atoms with Crippen LogP contribution in [0.5, 0.6) is 0 Å². The molecule has 5 heteroatoms. The number of aliphatic hydroxyl groups is 1. The van der Waals surface area contributed by atoms with Gasteiger partial charge in [0.2, 0.25) is 0 Å². The van der Waals surface area contributed by atoms with Gasteiger partial charge < -0.3 is 20.1 Å². The van der Waals surface area contributed by atoms with E-state index in [4.69, 9.17) is 10.8 Å². The van der Waals surface area contributed by atoms with E-state index in [-0.39, 0.29) is 6.61 Å². The summed E-state index contributed by atoms with van der Waals surface area (Å²) in [6.07, 6.45) is 1.70. The van der Waals surface area contributed by atoms with Gasteiger partial charge in [-0.05, 0) is 11.6 Å². The molecule has 0 saturated heterocycles. The zero-order valence-corrected chi connectivity index (χ0v) is 8.23. The molecule has 0 bridgehead atoms. The molecule has 5 nitrogen and oxygen atoms in total. The molecule has 0 aromatic carbocycles. The number of carbonyl (C=O) groups is 1. The van der Waals surface area contributed by atoms with Gasteiger partial charge >= 0.3 is 5.97 Å². The summed E-state index contributed by atoms with van der Waals surface area (Å²) in [5.41, 5.74) is 6.74. The highest BCUT2D eigenvalue weighted by atomic mass is 16.5. The Labute approximate surface area is 82.1 Å². The van der Waals surface area contributed by atoms with Gasteiger partial charge in [-0.3, -0.25) is 0 Å². The normalized spacial score (nSPS) is 12.6. The summed E-state index contributed by atoms with van der Waals surface area (Å²) in [6.45, 7) is -0.148. The van der Waals surface area contributed by atoms with Crippen LogP contribution in [0, 0.1) is 0 Å². The number of aliphatic hydroxyl groups excluding tert-OH is 1. The van der Waals surface area contributed by atoms with Crippen molar-refractivity contribution in [2.45, 2.75) is 6.04 Å². The van der Waals surface area contributed by atoms with Crippen molar-refractivity contribution in [3.05, 3.63) is 23.5 Å². The molecule has 1 heterocycles. The minimum absolute atomic E-state index is 0.148. The van der Waals surface area contributed by atoms with Crippen LogP contribution in [0.3, 0.4) is 0 Å². The molecule has 78 valence electrons. The number of aromatic nitrogens is 1. The first-order chi connectivity index (χ1) is 6.60. The summed E-state index contributed by atoms with van der Waals surface area (Å²) in [6, 6.07) is 1.16. The Morgan fingerprint density at radius 3 is 2.93 bits per heavy atom. The molecule has 1 rings (SSSR count). The van der Waals surface area contributed by atoms with Crippen molar-refractivity contribution in [1.29, 1.82) is 0 Å². The molecule has 0 spiro atoms. The molecule has 0 aliphatic heterocycles. The maximum Gasteiger partial charge on any atom is 0.354 e. The van der Waals surface area contributed by atoms with E-state index < -0.39 is 12.0 Å². The fourth-order valence-electron chi connectivity index (χ4n) is 1.21. The van der Waals surface area contributed by atoms with Crippen LogP contribution in [-0.2, 0) is 11.8 Å². The van der Waals surface area contributed by atoms with Gasteiger partial charge in [-0.2, -0.15) is 0 Å². The largest absolute Gasteiger partial charge is 0.464 e. The third-order valence-electron chi connectivity index (χ3n) is 2.05. The average molecular weight is 198 g/mol. The zero-order chi connectivity index (χ0) is 10.7. The van der Waals surface area contributed by atoms with Gasteiger partial charge in [-0.25, -0.2) is 4.79 Å². The number of hydrogen-bond donors (Lipinski definition) is 2. The monoisotopic (exact) mass is 198 g/mol. The predicted octanol–water partition coefficient (Wildman–Crippen LogP) is -0.196. The number of nitrogens with two attached hydrogens (primary N) is 1. The Kier molecular flexibility index (Phi) is 3.27. The van der Waals surface area contributed by atoms with Crippen LogP contribution >= 0.6 is 0 Å². The maximum absolute atomic E-state index is 11.2. The Hall–Kier alpha value is -1.33. The highest BCUT2D eigenvalue weighted by Crippen LogP contribution is 2.14. The SMILES string of the molecule is COC(=O)c1cc(C(N)CO)cn1C. The second kappa shape index (κ2) is 4.26. The van der Waals surface area contributed by atoms with E-state index in [1.807, 2.05) is 0 Å². The third-order valence-corrected chi connectivity index (χ3v) is 2.05. The number of ether oxygens (including phenoxy) is 1. The lowest BCUT2D eigenvalue weighted by Crippen LogP contribution is -2.13. The smallest absolute Gasteiger partial charge is 0.354 e. The molecule has 3 N–H and O–H groups in total. The molecule has 0 saturated carbocycles. The molecule has 1 aromatic heterocycles. The van der Waals surface area contributed by atoms with E-state index >= 15 is 0 Å². The molecule has 0 radical (unpaired) electrons. The highest BCUT2D eigenvalue weighted by molar-refractivity contribution is 5.87. The first-order valence-corrected chi connectivity index (χ1v) is 4.21. The summed E-state index contributed by atoms with van der Waals surface area (Å²) < 4.78 is 6.20. The first-order valence-electron chi connectivity index (χ1n) is 4.21. The Morgan fingerprint density at radius 2 is 2.43 bits per heavy atom. The third kappa shape index (κ3) is 1.94. The van der Waals surface area contributed by atoms with Gasteiger partial charge in [-0.15, -0.1) is 0 Å². The molecule has 1 atom stereocenters. The minimum Gasteiger partial charge on any atom is -0.464 e. The summed E-state index contributed by atoms with van der Waals surface area (Å²) in [7, 11) is 3.04. The van der Waals surface area contributed by atoms with E-state index in [9.17, 15) is 4.79 Å². The quantitative estimate of drug-likeness (QED) is 0.659. The standard InChI is InChI=1S/C9H14N2O3/c1-11-4-6(7(10)5-12)3-8(11)9(13)14-2/h3-4,7,12H,5,10H2,1-2H3. The van der Waals surface area contributed by atoms with E-state index in [1.165, 1.54) is 7.11 Å². The van der Waals surface area contributed by atoms with E-state index in [0.717, 1.165) is 5.56 Å². The van der Waals surface area contributed by atoms with E-state index in [1.54, 1.807) is 23.9 Å². The molecular weight excluding hydrogens is 184 g/mol. The fraction of sp³-hybridized carbons (Fsp3) is 0.444. The molecule has 0 aliphatic rings. The van der Waals surface area contributed by atoms with E-state index in [0.29, 0.717) is 5.69 Å². The number of rotatable bonds is 3. The van der Waals surface area contributed by atoms with Gasteiger partial charge in [0, 0.05) is 13.2 Å². The number of nitrogens with zero attached hydrogens (tertiary/aromatic N) is 1. The second-order valence-electron chi connectivity index (χ2n) is 3.05. The van der Waals surface area contributed by atoms with Crippen molar-refractivity contribution < 1.29 is 14.6 Å². The van der Waals surface area contributed by atoms with Crippen LogP contribution in [0.15, 0.2) is 12.3 Å². The first kappa shape index (κ1) is 10.7. The van der Waals surface area contributed by atoms with Gasteiger partial charge in [0.05, 0.1) is 19.8 Å². The molecule has 14 heavy (non-hydrogen) atoms. The number of esters is 1. The van der Waals surface area contributed by atoms with Crippen LogP contribution in [-0.4, -0.2) is 29.4 Å². The van der Waals surface area contributed by atoms with Crippen molar-refractivity contribution in [2.24, 2.45) is 12.8 Å². The lowest BCUT2D eigenvalue weighted by Gasteiger charge is -2.02. The molecular formula is C9H14N2O3. The fourth-order valence-corrected chi connectivity index (χ4v) is 1.21. The topological polar surface area (TPSA) is 77.5 Å². The van der Waals surface area contributed by atoms with Crippen LogP contribution in [0.25, 0.3) is 0 Å². The number of methoxy groups -OCH3 is 1. The maximum atomic E-state index is 11.2. The minimum atomic E-state index is -0.459. The predicted molar refractivity (Wildman–Crippen MR) is 50.8 cm³/mol. The second-order valence-corrected chi connectivity index (χ2v) is 3.05. The lowest BCUT2D eigenvalue weighted by atomic mass is 10.2. The van der Waals surface area contributed by atoms with Crippen molar-refractivity contribution in [1.82, 2.24) is 4.57 Å². The molecule has 1 aromatic rings. The van der Waals surface area contributed by atoms with Crippen LogP contribution < -0.4 is 5.73 Å². The zero-order valence-electron chi connectivity index (χ0n) is 8.23. The molecule has 1 unspecified atom stereocenters. The van der Waals surface area contributed by atoms with Gasteiger partial charge in [-0.1, -0.05) is 0 Å². The van der Waals surface area contributed by atoms with Gasteiger partial charge in [0.1, 0.15) is 5.69 Å². The molecule has 0 amide bonds. The summed E-state index contributed by atoms with van der Waals surface area (Å²) in [5.74, 6) is -0.413. The van der Waals surface area contributed by atoms with Crippen molar-refractivity contribution in [3.63, 3.8) is 0 Å². The summed E-state index contributed by atoms with van der Waals surface area (Å²) in [4.78, 5) is 11.2. The average Bonchev–Trinajstić information content (AvgIpc) is 2.58. The summed E-state index contributed by atoms with van der Waals surface area (Å²) >= 11 is 0. The number of aryl methyl sites for hydroxylation is 1. The van der Waals surface area contributed by atoms with Crippen LogP contribution in [0.4, 0.5) is 0 Å². The number of hydrogen-bond acceptors (Lipinski definition) is 4. The summed E-state index contributed by atoms with van der Waals surface area (Å²) in [5, 5.41) is 8.83. The number of carbonyl (C=O) groups excluding carboxylic acids is 1. The van der Waals surface area contributed by atoms with Crippen molar-refractivity contribution >= 4 is 5.97 Å². The Bertz CT molecular complexity index is 333. The van der Waals surface area contributed by atoms with E-state index in [2.05, 4.69) is 4.74 Å². The molecule has 0 aliphatic carbocycles. The Balaban J connectivity index is 2.98. The van der Waals surface area contributed by atoms with Crippen molar-refractivity contribution in [3.8, 4) is 0 Å². The van der Waals surface area contributed by atoms with Gasteiger partial charge in [0.25, 0.3) is 0 Å².